The van der Waals surface area contributed by atoms with E-state index in [1.54, 1.807) is 6.20 Å². The van der Waals surface area contributed by atoms with E-state index in [0.29, 0.717) is 12.4 Å². The third-order valence-corrected chi connectivity index (χ3v) is 1.94. The number of aliphatic hydroxyl groups is 1. The Bertz CT molecular complexity index is 282. The fraction of sp³-hybridized carbons (Fsp3) is 0.636. The van der Waals surface area contributed by atoms with Crippen molar-refractivity contribution in [2.75, 3.05) is 11.9 Å². The summed E-state index contributed by atoms with van der Waals surface area (Å²) >= 11 is 0. The molecule has 0 spiro atoms. The first-order valence-corrected chi connectivity index (χ1v) is 5.17. The summed E-state index contributed by atoms with van der Waals surface area (Å²) in [6.45, 7) is 6.84. The van der Waals surface area contributed by atoms with Crippen LogP contribution in [0.1, 0.15) is 27.2 Å². The van der Waals surface area contributed by atoms with Gasteiger partial charge in [-0.1, -0.05) is 20.8 Å². The van der Waals surface area contributed by atoms with Gasteiger partial charge in [0.1, 0.15) is 5.82 Å². The highest BCUT2D eigenvalue weighted by Crippen LogP contribution is 2.20. The van der Waals surface area contributed by atoms with Crippen molar-refractivity contribution in [2.45, 2.75) is 33.3 Å². The van der Waals surface area contributed by atoms with Gasteiger partial charge in [-0.05, 0) is 24.0 Å². The molecule has 0 bridgehead atoms. The van der Waals surface area contributed by atoms with Crippen molar-refractivity contribution >= 4 is 5.82 Å². The molecule has 1 aromatic rings. The van der Waals surface area contributed by atoms with Gasteiger partial charge in [-0.3, -0.25) is 0 Å². The lowest BCUT2D eigenvalue weighted by molar-refractivity contribution is 0.132. The van der Waals surface area contributed by atoms with Gasteiger partial charge in [-0.2, -0.15) is 5.10 Å². The van der Waals surface area contributed by atoms with Crippen LogP contribution in [0.5, 0.6) is 0 Å². The molecule has 84 valence electrons. The number of aliphatic hydroxyl groups excluding tert-OH is 1. The van der Waals surface area contributed by atoms with Crippen molar-refractivity contribution in [2.24, 2.45) is 5.41 Å². The average molecular weight is 209 g/mol. The number of nitrogens with one attached hydrogen (secondary N) is 1. The van der Waals surface area contributed by atoms with Gasteiger partial charge in [0.15, 0.2) is 0 Å². The van der Waals surface area contributed by atoms with Gasteiger partial charge in [0, 0.05) is 12.7 Å². The SMILES string of the molecule is CC(C)(C)CC(O)CNc1cccnn1. The number of hydrogen-bond donors (Lipinski definition) is 2. The highest BCUT2D eigenvalue weighted by atomic mass is 16.3. The maximum absolute atomic E-state index is 9.74. The van der Waals surface area contributed by atoms with Crippen molar-refractivity contribution in [1.29, 1.82) is 0 Å². The minimum Gasteiger partial charge on any atom is -0.391 e. The summed E-state index contributed by atoms with van der Waals surface area (Å²) in [5.74, 6) is 0.699. The molecule has 1 heterocycles. The van der Waals surface area contributed by atoms with E-state index in [1.165, 1.54) is 0 Å². The molecule has 0 aliphatic carbocycles. The Morgan fingerprint density at radius 3 is 2.73 bits per heavy atom. The molecule has 15 heavy (non-hydrogen) atoms. The first-order chi connectivity index (χ1) is 6.97. The van der Waals surface area contributed by atoms with Crippen LogP contribution >= 0.6 is 0 Å². The molecule has 0 radical (unpaired) electrons. The Hall–Kier alpha value is -1.16. The normalized spacial score (nSPS) is 13.6. The van der Waals surface area contributed by atoms with Gasteiger partial charge in [0.05, 0.1) is 6.10 Å². The van der Waals surface area contributed by atoms with E-state index in [2.05, 4.69) is 36.3 Å². The first-order valence-electron chi connectivity index (χ1n) is 5.17. The third kappa shape index (κ3) is 5.32. The van der Waals surface area contributed by atoms with Crippen molar-refractivity contribution in [1.82, 2.24) is 10.2 Å². The summed E-state index contributed by atoms with van der Waals surface area (Å²) in [6.07, 6.45) is 2.03. The molecular weight excluding hydrogens is 190 g/mol. The molecule has 1 aromatic heterocycles. The monoisotopic (exact) mass is 209 g/mol. The van der Waals surface area contributed by atoms with Crippen molar-refractivity contribution in [3.8, 4) is 0 Å². The second kappa shape index (κ2) is 5.07. The van der Waals surface area contributed by atoms with E-state index in [4.69, 9.17) is 0 Å². The van der Waals surface area contributed by atoms with E-state index < -0.39 is 0 Å². The lowest BCUT2D eigenvalue weighted by Gasteiger charge is -2.22. The molecule has 0 amide bonds. The fourth-order valence-corrected chi connectivity index (χ4v) is 1.40. The second-order valence-corrected chi connectivity index (χ2v) is 4.91. The minimum atomic E-state index is -0.355. The molecule has 0 saturated heterocycles. The summed E-state index contributed by atoms with van der Waals surface area (Å²) in [5, 5.41) is 20.4. The summed E-state index contributed by atoms with van der Waals surface area (Å²) in [5.41, 5.74) is 0.142. The third-order valence-electron chi connectivity index (χ3n) is 1.94. The Kier molecular flexibility index (Phi) is 4.03. The van der Waals surface area contributed by atoms with Crippen LogP contribution in [0.15, 0.2) is 18.3 Å². The van der Waals surface area contributed by atoms with Gasteiger partial charge in [0.25, 0.3) is 0 Å². The van der Waals surface area contributed by atoms with Crippen LogP contribution < -0.4 is 5.32 Å². The van der Waals surface area contributed by atoms with Gasteiger partial charge >= 0.3 is 0 Å². The van der Waals surface area contributed by atoms with Gasteiger partial charge in [-0.15, -0.1) is 5.10 Å². The molecule has 1 unspecified atom stereocenters. The highest BCUT2D eigenvalue weighted by molar-refractivity contribution is 5.31. The lowest BCUT2D eigenvalue weighted by atomic mass is 9.89. The van der Waals surface area contributed by atoms with Crippen LogP contribution in [0.4, 0.5) is 5.82 Å². The molecule has 1 rings (SSSR count). The summed E-state index contributed by atoms with van der Waals surface area (Å²) in [7, 11) is 0. The van der Waals surface area contributed by atoms with Gasteiger partial charge in [0.2, 0.25) is 0 Å². The predicted octanol–water partition coefficient (Wildman–Crippen LogP) is 1.69. The van der Waals surface area contributed by atoms with Crippen LogP contribution in [-0.4, -0.2) is 28.0 Å². The van der Waals surface area contributed by atoms with E-state index in [1.807, 2.05) is 12.1 Å². The minimum absolute atomic E-state index is 0.142. The number of nitrogens with zero attached hydrogens (tertiary/aromatic N) is 2. The quantitative estimate of drug-likeness (QED) is 0.792. The number of hydrogen-bond acceptors (Lipinski definition) is 4. The molecule has 0 saturated carbocycles. The molecule has 0 aliphatic rings. The maximum Gasteiger partial charge on any atom is 0.148 e. The summed E-state index contributed by atoms with van der Waals surface area (Å²) in [4.78, 5) is 0. The molecule has 2 N–H and O–H groups in total. The molecule has 4 heteroatoms. The largest absolute Gasteiger partial charge is 0.391 e. The fourth-order valence-electron chi connectivity index (χ4n) is 1.40. The average Bonchev–Trinajstić information content (AvgIpc) is 2.14. The standard InChI is InChI=1S/C11H19N3O/c1-11(2,3)7-9(15)8-12-10-5-4-6-13-14-10/h4-6,9,15H,7-8H2,1-3H3,(H,12,14). The van der Waals surface area contributed by atoms with Crippen LogP contribution in [0, 0.1) is 5.41 Å². The Morgan fingerprint density at radius 2 is 2.20 bits per heavy atom. The summed E-state index contributed by atoms with van der Waals surface area (Å²) in [6, 6.07) is 3.64. The molecule has 0 aromatic carbocycles. The summed E-state index contributed by atoms with van der Waals surface area (Å²) < 4.78 is 0. The van der Waals surface area contributed by atoms with Crippen LogP contribution in [-0.2, 0) is 0 Å². The van der Waals surface area contributed by atoms with E-state index in [-0.39, 0.29) is 11.5 Å². The van der Waals surface area contributed by atoms with Gasteiger partial charge in [-0.25, -0.2) is 0 Å². The van der Waals surface area contributed by atoms with E-state index in [9.17, 15) is 5.11 Å². The second-order valence-electron chi connectivity index (χ2n) is 4.91. The molecular formula is C11H19N3O. The van der Waals surface area contributed by atoms with Crippen LogP contribution in [0.25, 0.3) is 0 Å². The number of anilines is 1. The predicted molar refractivity (Wildman–Crippen MR) is 60.6 cm³/mol. The lowest BCUT2D eigenvalue weighted by Crippen LogP contribution is -2.25. The number of aromatic nitrogens is 2. The smallest absolute Gasteiger partial charge is 0.148 e. The molecule has 1 atom stereocenters. The number of rotatable bonds is 4. The zero-order chi connectivity index (χ0) is 11.3. The zero-order valence-electron chi connectivity index (χ0n) is 9.57. The highest BCUT2D eigenvalue weighted by Gasteiger charge is 2.16. The molecule has 4 nitrogen and oxygen atoms in total. The van der Waals surface area contributed by atoms with Gasteiger partial charge < -0.3 is 10.4 Å². The maximum atomic E-state index is 9.74. The van der Waals surface area contributed by atoms with Crippen molar-refractivity contribution in [3.63, 3.8) is 0 Å². The first kappa shape index (κ1) is 11.9. The Morgan fingerprint density at radius 1 is 1.47 bits per heavy atom. The van der Waals surface area contributed by atoms with E-state index >= 15 is 0 Å². The zero-order valence-corrected chi connectivity index (χ0v) is 9.57. The van der Waals surface area contributed by atoms with E-state index in [0.717, 1.165) is 6.42 Å². The van der Waals surface area contributed by atoms with Crippen molar-refractivity contribution in [3.05, 3.63) is 18.3 Å². The van der Waals surface area contributed by atoms with Crippen LogP contribution in [0.2, 0.25) is 0 Å². The van der Waals surface area contributed by atoms with Crippen LogP contribution in [0.3, 0.4) is 0 Å². The Balaban J connectivity index is 2.32. The Labute approximate surface area is 90.7 Å². The topological polar surface area (TPSA) is 58.0 Å². The molecule has 0 fully saturated rings. The van der Waals surface area contributed by atoms with Crippen molar-refractivity contribution < 1.29 is 5.11 Å². The molecule has 0 aliphatic heterocycles.